The first kappa shape index (κ1) is 13.6. The smallest absolute Gasteiger partial charge is 0.123 e. The minimum atomic E-state index is 0.502. The number of aryl methyl sites for hydroxylation is 1. The molecule has 19 heavy (non-hydrogen) atoms. The van der Waals surface area contributed by atoms with Crippen molar-refractivity contribution in [3.8, 4) is 5.75 Å². The number of nitrogens with two attached hydrogens (primary N) is 1. The van der Waals surface area contributed by atoms with Gasteiger partial charge in [-0.05, 0) is 12.5 Å². The maximum Gasteiger partial charge on any atom is 0.123 e. The molecule has 0 atom stereocenters. The lowest BCUT2D eigenvalue weighted by Gasteiger charge is -2.11. The van der Waals surface area contributed by atoms with Crippen LogP contribution in [0.5, 0.6) is 5.75 Å². The Morgan fingerprint density at radius 2 is 2.16 bits per heavy atom. The van der Waals surface area contributed by atoms with Crippen molar-refractivity contribution >= 4 is 0 Å². The Labute approximate surface area is 114 Å². The van der Waals surface area contributed by atoms with Crippen molar-refractivity contribution in [2.24, 2.45) is 5.73 Å². The SMILES string of the molecule is CCCc1nccn1CCOc1ccccc1CN. The second-order valence-corrected chi connectivity index (χ2v) is 4.45. The van der Waals surface area contributed by atoms with Gasteiger partial charge in [-0.2, -0.15) is 0 Å². The molecule has 2 N–H and O–H groups in total. The summed E-state index contributed by atoms with van der Waals surface area (Å²) >= 11 is 0. The van der Waals surface area contributed by atoms with Gasteiger partial charge in [-0.15, -0.1) is 0 Å². The molecule has 0 aliphatic carbocycles. The monoisotopic (exact) mass is 259 g/mol. The van der Waals surface area contributed by atoms with E-state index in [0.29, 0.717) is 13.2 Å². The maximum absolute atomic E-state index is 5.81. The van der Waals surface area contributed by atoms with Gasteiger partial charge in [-0.1, -0.05) is 25.1 Å². The fraction of sp³-hybridized carbons (Fsp3) is 0.400. The van der Waals surface area contributed by atoms with E-state index in [1.807, 2.05) is 36.7 Å². The highest BCUT2D eigenvalue weighted by atomic mass is 16.5. The van der Waals surface area contributed by atoms with Crippen molar-refractivity contribution in [1.29, 1.82) is 0 Å². The van der Waals surface area contributed by atoms with Gasteiger partial charge in [-0.3, -0.25) is 0 Å². The Kier molecular flexibility index (Phi) is 4.98. The van der Waals surface area contributed by atoms with Crippen LogP contribution < -0.4 is 10.5 Å². The van der Waals surface area contributed by atoms with Crippen molar-refractivity contribution in [3.63, 3.8) is 0 Å². The number of imidazole rings is 1. The summed E-state index contributed by atoms with van der Waals surface area (Å²) in [5.41, 5.74) is 6.73. The average Bonchev–Trinajstić information content (AvgIpc) is 2.87. The van der Waals surface area contributed by atoms with Gasteiger partial charge < -0.3 is 15.0 Å². The molecule has 4 nitrogen and oxygen atoms in total. The van der Waals surface area contributed by atoms with Gasteiger partial charge in [0.2, 0.25) is 0 Å². The molecule has 1 heterocycles. The molecule has 0 saturated carbocycles. The molecule has 2 rings (SSSR count). The largest absolute Gasteiger partial charge is 0.491 e. The molecule has 0 aliphatic rings. The van der Waals surface area contributed by atoms with Crippen LogP contribution in [0.4, 0.5) is 0 Å². The Balaban J connectivity index is 1.91. The number of ether oxygens (including phenoxy) is 1. The maximum atomic E-state index is 5.81. The van der Waals surface area contributed by atoms with Crippen LogP contribution in [-0.2, 0) is 19.5 Å². The van der Waals surface area contributed by atoms with Crippen LogP contribution >= 0.6 is 0 Å². The van der Waals surface area contributed by atoms with Crippen LogP contribution in [0, 0.1) is 0 Å². The number of nitrogens with zero attached hydrogens (tertiary/aromatic N) is 2. The third kappa shape index (κ3) is 3.58. The molecule has 1 aromatic carbocycles. The van der Waals surface area contributed by atoms with E-state index in [4.69, 9.17) is 10.5 Å². The summed E-state index contributed by atoms with van der Waals surface area (Å²) in [6.07, 6.45) is 5.96. The van der Waals surface area contributed by atoms with Crippen LogP contribution in [0.15, 0.2) is 36.7 Å². The van der Waals surface area contributed by atoms with Crippen molar-refractivity contribution in [1.82, 2.24) is 9.55 Å². The fourth-order valence-corrected chi connectivity index (χ4v) is 2.06. The molecule has 0 spiro atoms. The molecule has 102 valence electrons. The quantitative estimate of drug-likeness (QED) is 0.830. The first-order chi connectivity index (χ1) is 9.35. The Hall–Kier alpha value is -1.81. The summed E-state index contributed by atoms with van der Waals surface area (Å²) in [4.78, 5) is 4.35. The van der Waals surface area contributed by atoms with E-state index in [1.54, 1.807) is 0 Å². The van der Waals surface area contributed by atoms with Crippen molar-refractivity contribution in [2.75, 3.05) is 6.61 Å². The number of aromatic nitrogens is 2. The number of para-hydroxylation sites is 1. The van der Waals surface area contributed by atoms with Crippen molar-refractivity contribution < 1.29 is 4.74 Å². The highest BCUT2D eigenvalue weighted by Crippen LogP contribution is 2.17. The first-order valence-electron chi connectivity index (χ1n) is 6.76. The van der Waals surface area contributed by atoms with Crippen LogP contribution in [-0.4, -0.2) is 16.2 Å². The minimum Gasteiger partial charge on any atom is -0.491 e. The zero-order valence-corrected chi connectivity index (χ0v) is 11.4. The van der Waals surface area contributed by atoms with E-state index in [-0.39, 0.29) is 0 Å². The van der Waals surface area contributed by atoms with Gasteiger partial charge >= 0.3 is 0 Å². The van der Waals surface area contributed by atoms with Gasteiger partial charge in [0, 0.05) is 30.9 Å². The highest BCUT2D eigenvalue weighted by Gasteiger charge is 2.03. The Morgan fingerprint density at radius 3 is 2.95 bits per heavy atom. The van der Waals surface area contributed by atoms with Gasteiger partial charge in [0.25, 0.3) is 0 Å². The Morgan fingerprint density at radius 1 is 1.32 bits per heavy atom. The van der Waals surface area contributed by atoms with Crippen LogP contribution in [0.1, 0.15) is 24.7 Å². The summed E-state index contributed by atoms with van der Waals surface area (Å²) in [5.74, 6) is 2.00. The van der Waals surface area contributed by atoms with Gasteiger partial charge in [0.1, 0.15) is 18.2 Å². The third-order valence-corrected chi connectivity index (χ3v) is 3.06. The molecular formula is C15H21N3O. The highest BCUT2D eigenvalue weighted by molar-refractivity contribution is 5.32. The third-order valence-electron chi connectivity index (χ3n) is 3.06. The number of benzene rings is 1. The summed E-state index contributed by atoms with van der Waals surface area (Å²) in [6, 6.07) is 7.90. The number of hydrogen-bond acceptors (Lipinski definition) is 3. The van der Waals surface area contributed by atoms with Gasteiger partial charge in [0.05, 0.1) is 6.54 Å². The second kappa shape index (κ2) is 6.95. The molecule has 1 aromatic heterocycles. The first-order valence-corrected chi connectivity index (χ1v) is 6.76. The molecular weight excluding hydrogens is 238 g/mol. The predicted octanol–water partition coefficient (Wildman–Crippen LogP) is 2.37. The van der Waals surface area contributed by atoms with E-state index >= 15 is 0 Å². The van der Waals surface area contributed by atoms with E-state index in [1.165, 1.54) is 0 Å². The molecule has 0 bridgehead atoms. The zero-order valence-electron chi connectivity index (χ0n) is 11.4. The van der Waals surface area contributed by atoms with Gasteiger partial charge in [-0.25, -0.2) is 4.98 Å². The molecule has 4 heteroatoms. The Bertz CT molecular complexity index is 508. The van der Waals surface area contributed by atoms with Crippen molar-refractivity contribution in [2.45, 2.75) is 32.9 Å². The van der Waals surface area contributed by atoms with Crippen LogP contribution in [0.2, 0.25) is 0 Å². The molecule has 0 radical (unpaired) electrons. The number of hydrogen-bond donors (Lipinski definition) is 1. The summed E-state index contributed by atoms with van der Waals surface area (Å²) in [5, 5.41) is 0. The lowest BCUT2D eigenvalue weighted by atomic mass is 10.2. The van der Waals surface area contributed by atoms with E-state index in [0.717, 1.165) is 36.5 Å². The lowest BCUT2D eigenvalue weighted by Crippen LogP contribution is -2.11. The number of rotatable bonds is 7. The molecule has 0 unspecified atom stereocenters. The molecule has 0 amide bonds. The summed E-state index contributed by atoms with van der Waals surface area (Å²) in [6.45, 7) is 4.10. The topological polar surface area (TPSA) is 53.1 Å². The zero-order chi connectivity index (χ0) is 13.5. The average molecular weight is 259 g/mol. The van der Waals surface area contributed by atoms with Crippen LogP contribution in [0.3, 0.4) is 0 Å². The standard InChI is InChI=1S/C15H21N3O/c1-2-5-15-17-8-9-18(15)10-11-19-14-7-4-3-6-13(14)12-16/h3-4,6-9H,2,5,10-12,16H2,1H3. The van der Waals surface area contributed by atoms with E-state index in [2.05, 4.69) is 16.5 Å². The molecule has 0 saturated heterocycles. The second-order valence-electron chi connectivity index (χ2n) is 4.45. The van der Waals surface area contributed by atoms with Crippen LogP contribution in [0.25, 0.3) is 0 Å². The fourth-order valence-electron chi connectivity index (χ4n) is 2.06. The van der Waals surface area contributed by atoms with Gasteiger partial charge in [0.15, 0.2) is 0 Å². The van der Waals surface area contributed by atoms with Crippen molar-refractivity contribution in [3.05, 3.63) is 48.0 Å². The minimum absolute atomic E-state index is 0.502. The summed E-state index contributed by atoms with van der Waals surface area (Å²) in [7, 11) is 0. The lowest BCUT2D eigenvalue weighted by molar-refractivity contribution is 0.293. The molecule has 2 aromatic rings. The summed E-state index contributed by atoms with van der Waals surface area (Å²) < 4.78 is 7.95. The molecule has 0 aliphatic heterocycles. The van der Waals surface area contributed by atoms with E-state index < -0.39 is 0 Å². The predicted molar refractivity (Wildman–Crippen MR) is 76.1 cm³/mol. The normalized spacial score (nSPS) is 10.6. The molecule has 0 fully saturated rings. The van der Waals surface area contributed by atoms with E-state index in [9.17, 15) is 0 Å².